The van der Waals surface area contributed by atoms with Gasteiger partial charge in [-0.3, -0.25) is 4.79 Å². The van der Waals surface area contributed by atoms with Crippen LogP contribution in [0.1, 0.15) is 40.8 Å². The number of hydrogen-bond acceptors (Lipinski definition) is 2. The van der Waals surface area contributed by atoms with Gasteiger partial charge in [0.25, 0.3) is 5.91 Å². The maximum Gasteiger partial charge on any atom is 0.258 e. The molecule has 3 heteroatoms. The lowest BCUT2D eigenvalue weighted by Crippen LogP contribution is -2.31. The molecule has 0 aliphatic rings. The van der Waals surface area contributed by atoms with Crippen LogP contribution in [0.15, 0.2) is 36.4 Å². The number of amides is 1. The maximum absolute atomic E-state index is 12.1. The van der Waals surface area contributed by atoms with Crippen molar-refractivity contribution in [3.05, 3.63) is 64.2 Å². The maximum atomic E-state index is 12.1. The molecule has 0 saturated carbocycles. The molecule has 0 radical (unpaired) electrons. The number of rotatable bonds is 5. The number of carbonyl (C=O) groups is 1. The average molecular weight is 311 g/mol. The predicted octanol–water partition coefficient (Wildman–Crippen LogP) is 4.18. The summed E-state index contributed by atoms with van der Waals surface area (Å²) in [6.07, 6.45) is 0. The second-order valence-corrected chi connectivity index (χ2v) is 6.12. The Kier molecular flexibility index (Phi) is 5.43. The van der Waals surface area contributed by atoms with Crippen LogP contribution in [-0.2, 0) is 4.79 Å². The Morgan fingerprint density at radius 2 is 1.78 bits per heavy atom. The summed E-state index contributed by atoms with van der Waals surface area (Å²) in [5, 5.41) is 2.98. The number of hydrogen-bond donors (Lipinski definition) is 1. The molecule has 0 saturated heterocycles. The highest BCUT2D eigenvalue weighted by Crippen LogP contribution is 2.20. The zero-order valence-electron chi connectivity index (χ0n) is 14.6. The minimum atomic E-state index is -0.114. The average Bonchev–Trinajstić information content (AvgIpc) is 2.51. The molecule has 3 nitrogen and oxygen atoms in total. The summed E-state index contributed by atoms with van der Waals surface area (Å²) in [7, 11) is 0. The molecule has 1 N–H and O–H groups in total. The fraction of sp³-hybridized carbons (Fsp3) is 0.350. The van der Waals surface area contributed by atoms with Gasteiger partial charge in [-0.15, -0.1) is 0 Å². The monoisotopic (exact) mass is 311 g/mol. The molecule has 0 fully saturated rings. The summed E-state index contributed by atoms with van der Waals surface area (Å²) in [6, 6.07) is 12.1. The minimum Gasteiger partial charge on any atom is -0.483 e. The van der Waals surface area contributed by atoms with Crippen molar-refractivity contribution in [1.29, 1.82) is 0 Å². The van der Waals surface area contributed by atoms with Gasteiger partial charge in [0, 0.05) is 0 Å². The van der Waals surface area contributed by atoms with E-state index in [0.29, 0.717) is 0 Å². The normalized spacial score (nSPS) is 11.9. The molecule has 0 heterocycles. The summed E-state index contributed by atoms with van der Waals surface area (Å²) >= 11 is 0. The Balaban J connectivity index is 1.93. The van der Waals surface area contributed by atoms with Crippen LogP contribution in [0.5, 0.6) is 5.75 Å². The van der Waals surface area contributed by atoms with Gasteiger partial charge in [-0.2, -0.15) is 0 Å². The van der Waals surface area contributed by atoms with E-state index >= 15 is 0 Å². The highest BCUT2D eigenvalue weighted by atomic mass is 16.5. The first-order valence-electron chi connectivity index (χ1n) is 7.94. The lowest BCUT2D eigenvalue weighted by Gasteiger charge is -2.16. The molecule has 2 aromatic rings. The number of benzene rings is 2. The fourth-order valence-electron chi connectivity index (χ4n) is 2.42. The van der Waals surface area contributed by atoms with Gasteiger partial charge in [-0.1, -0.05) is 30.3 Å². The van der Waals surface area contributed by atoms with E-state index in [2.05, 4.69) is 37.4 Å². The lowest BCUT2D eigenvalue weighted by atomic mass is 10.0. The van der Waals surface area contributed by atoms with E-state index in [-0.39, 0.29) is 18.6 Å². The zero-order valence-corrected chi connectivity index (χ0v) is 14.6. The molecule has 0 aliphatic carbocycles. The Morgan fingerprint density at radius 1 is 1.04 bits per heavy atom. The van der Waals surface area contributed by atoms with Crippen molar-refractivity contribution < 1.29 is 9.53 Å². The Hall–Kier alpha value is -2.29. The van der Waals surface area contributed by atoms with E-state index in [1.165, 1.54) is 11.1 Å². The van der Waals surface area contributed by atoms with Crippen LogP contribution in [0.4, 0.5) is 0 Å². The second kappa shape index (κ2) is 7.32. The standard InChI is InChI=1S/C20H25NO2/c1-13-9-10-18(11-15(13)3)17(5)21-20(22)12-23-19-8-6-7-14(2)16(19)4/h6-11,17H,12H2,1-5H3,(H,21,22)/t17-/m1/s1. The smallest absolute Gasteiger partial charge is 0.258 e. The van der Waals surface area contributed by atoms with Crippen LogP contribution >= 0.6 is 0 Å². The van der Waals surface area contributed by atoms with Crippen LogP contribution in [-0.4, -0.2) is 12.5 Å². The SMILES string of the molecule is Cc1ccc([C@@H](C)NC(=O)COc2cccc(C)c2C)cc1C. The first-order chi connectivity index (χ1) is 10.9. The van der Waals surface area contributed by atoms with Gasteiger partial charge in [-0.25, -0.2) is 0 Å². The summed E-state index contributed by atoms with van der Waals surface area (Å²) in [5.41, 5.74) is 5.82. The van der Waals surface area contributed by atoms with Crippen molar-refractivity contribution in [3.8, 4) is 5.75 Å². The van der Waals surface area contributed by atoms with Crippen LogP contribution in [0.2, 0.25) is 0 Å². The molecular weight excluding hydrogens is 286 g/mol. The van der Waals surface area contributed by atoms with Crippen molar-refractivity contribution in [2.45, 2.75) is 40.7 Å². The molecule has 0 aromatic heterocycles. The highest BCUT2D eigenvalue weighted by Gasteiger charge is 2.11. The quantitative estimate of drug-likeness (QED) is 0.899. The molecule has 0 spiro atoms. The van der Waals surface area contributed by atoms with Crippen molar-refractivity contribution in [3.63, 3.8) is 0 Å². The Labute approximate surface area is 138 Å². The molecule has 1 atom stereocenters. The van der Waals surface area contributed by atoms with Gasteiger partial charge in [-0.05, 0) is 68.5 Å². The number of ether oxygens (including phenoxy) is 1. The minimum absolute atomic E-state index is 0.0273. The molecule has 23 heavy (non-hydrogen) atoms. The third-order valence-corrected chi connectivity index (χ3v) is 4.32. The van der Waals surface area contributed by atoms with E-state index in [4.69, 9.17) is 4.74 Å². The summed E-state index contributed by atoms with van der Waals surface area (Å²) in [5.74, 6) is 0.649. The van der Waals surface area contributed by atoms with Gasteiger partial charge in [0.05, 0.1) is 6.04 Å². The molecule has 0 bridgehead atoms. The van der Waals surface area contributed by atoms with Gasteiger partial charge in [0.2, 0.25) is 0 Å². The molecule has 2 rings (SSSR count). The largest absolute Gasteiger partial charge is 0.483 e. The fourth-order valence-corrected chi connectivity index (χ4v) is 2.42. The molecule has 0 unspecified atom stereocenters. The zero-order chi connectivity index (χ0) is 17.0. The highest BCUT2D eigenvalue weighted by molar-refractivity contribution is 5.78. The third kappa shape index (κ3) is 4.35. The summed E-state index contributed by atoms with van der Waals surface area (Å²) in [6.45, 7) is 10.2. The summed E-state index contributed by atoms with van der Waals surface area (Å²) in [4.78, 5) is 12.1. The molecule has 122 valence electrons. The Bertz CT molecular complexity index is 707. The molecule has 2 aromatic carbocycles. The second-order valence-electron chi connectivity index (χ2n) is 6.12. The molecular formula is C20H25NO2. The van der Waals surface area contributed by atoms with Gasteiger partial charge >= 0.3 is 0 Å². The number of carbonyl (C=O) groups excluding carboxylic acids is 1. The molecule has 0 aliphatic heterocycles. The van der Waals surface area contributed by atoms with E-state index in [1.54, 1.807) is 0 Å². The van der Waals surface area contributed by atoms with Crippen molar-refractivity contribution in [2.24, 2.45) is 0 Å². The van der Waals surface area contributed by atoms with Gasteiger partial charge < -0.3 is 10.1 Å². The Morgan fingerprint density at radius 3 is 2.48 bits per heavy atom. The lowest BCUT2D eigenvalue weighted by molar-refractivity contribution is -0.123. The van der Waals surface area contributed by atoms with E-state index in [9.17, 15) is 4.79 Å². The third-order valence-electron chi connectivity index (χ3n) is 4.32. The van der Waals surface area contributed by atoms with Gasteiger partial charge in [0.1, 0.15) is 5.75 Å². The van der Waals surface area contributed by atoms with E-state index in [0.717, 1.165) is 22.4 Å². The number of aryl methyl sites for hydroxylation is 3. The van der Waals surface area contributed by atoms with E-state index in [1.807, 2.05) is 39.0 Å². The van der Waals surface area contributed by atoms with Crippen LogP contribution in [0.25, 0.3) is 0 Å². The van der Waals surface area contributed by atoms with Crippen molar-refractivity contribution in [1.82, 2.24) is 5.32 Å². The predicted molar refractivity (Wildman–Crippen MR) is 93.9 cm³/mol. The van der Waals surface area contributed by atoms with E-state index < -0.39 is 0 Å². The first kappa shape index (κ1) is 17.1. The first-order valence-corrected chi connectivity index (χ1v) is 7.94. The number of nitrogens with one attached hydrogen (secondary N) is 1. The topological polar surface area (TPSA) is 38.3 Å². The van der Waals surface area contributed by atoms with Crippen LogP contribution in [0, 0.1) is 27.7 Å². The van der Waals surface area contributed by atoms with Crippen LogP contribution in [0.3, 0.4) is 0 Å². The van der Waals surface area contributed by atoms with Gasteiger partial charge in [0.15, 0.2) is 6.61 Å². The van der Waals surface area contributed by atoms with Crippen molar-refractivity contribution in [2.75, 3.05) is 6.61 Å². The van der Waals surface area contributed by atoms with Crippen LogP contribution < -0.4 is 10.1 Å². The van der Waals surface area contributed by atoms with Crippen molar-refractivity contribution >= 4 is 5.91 Å². The summed E-state index contributed by atoms with van der Waals surface area (Å²) < 4.78 is 5.65. The molecule has 1 amide bonds.